The van der Waals surface area contributed by atoms with Crippen LogP contribution in [0.3, 0.4) is 0 Å². The maximum atomic E-state index is 13.0. The maximum absolute atomic E-state index is 13.0. The van der Waals surface area contributed by atoms with E-state index in [1.165, 1.54) is 23.5 Å². The van der Waals surface area contributed by atoms with Crippen LogP contribution >= 0.6 is 23.1 Å². The molecule has 11 heteroatoms. The summed E-state index contributed by atoms with van der Waals surface area (Å²) >= 11 is 1.17. The Hall–Kier alpha value is -3.70. The van der Waals surface area contributed by atoms with Crippen molar-refractivity contribution in [1.82, 2.24) is 4.98 Å². The van der Waals surface area contributed by atoms with E-state index in [0.717, 1.165) is 5.56 Å². The van der Waals surface area contributed by atoms with Gasteiger partial charge in [-0.05, 0) is 84.4 Å². The Morgan fingerprint density at radius 2 is 1.74 bits per heavy atom. The van der Waals surface area contributed by atoms with E-state index in [1.807, 2.05) is 12.1 Å². The summed E-state index contributed by atoms with van der Waals surface area (Å²) in [7, 11) is 1.56. The molecule has 0 unspecified atom stereocenters. The number of carboxylic acid groups (broad SMARTS) is 1. The summed E-state index contributed by atoms with van der Waals surface area (Å²) in [5.74, 6) is 0.578. The monoisotopic (exact) mass is 561 g/mol. The summed E-state index contributed by atoms with van der Waals surface area (Å²) in [6, 6.07) is 18.6. The van der Waals surface area contributed by atoms with E-state index in [-0.39, 0.29) is 23.3 Å². The third-order valence-corrected chi connectivity index (χ3v) is 7.02. The SMILES string of the molecule is COc1ccc(-c2nc(COc3ccc(OCC(=O)O)c(C)c3)sc2-c2cccc(SC(F)(F)F)c2)cc1. The van der Waals surface area contributed by atoms with Crippen molar-refractivity contribution >= 4 is 29.1 Å². The van der Waals surface area contributed by atoms with Gasteiger partial charge in [-0.3, -0.25) is 0 Å². The zero-order chi connectivity index (χ0) is 27.3. The number of nitrogens with zero attached hydrogens (tertiary/aromatic N) is 1. The van der Waals surface area contributed by atoms with Crippen molar-refractivity contribution in [3.63, 3.8) is 0 Å². The molecule has 0 atom stereocenters. The number of rotatable bonds is 10. The molecule has 0 spiro atoms. The molecule has 0 radical (unpaired) electrons. The van der Waals surface area contributed by atoms with Gasteiger partial charge in [-0.1, -0.05) is 12.1 Å². The van der Waals surface area contributed by atoms with Crippen LogP contribution < -0.4 is 14.2 Å². The Morgan fingerprint density at radius 3 is 2.39 bits per heavy atom. The molecule has 4 rings (SSSR count). The minimum atomic E-state index is -4.39. The van der Waals surface area contributed by atoms with Gasteiger partial charge in [0.25, 0.3) is 0 Å². The van der Waals surface area contributed by atoms with Gasteiger partial charge in [-0.2, -0.15) is 13.2 Å². The lowest BCUT2D eigenvalue weighted by atomic mass is 10.1. The van der Waals surface area contributed by atoms with Crippen LogP contribution in [0.5, 0.6) is 17.2 Å². The second kappa shape index (κ2) is 11.8. The van der Waals surface area contributed by atoms with Crippen molar-refractivity contribution < 1.29 is 37.3 Å². The molecule has 1 N–H and O–H groups in total. The number of thiazole rings is 1. The number of carboxylic acids is 1. The maximum Gasteiger partial charge on any atom is 0.446 e. The number of thioether (sulfide) groups is 1. The first-order valence-corrected chi connectivity index (χ1v) is 12.8. The fourth-order valence-corrected chi connectivity index (χ4v) is 5.15. The number of aliphatic carboxylic acids is 1. The summed E-state index contributed by atoms with van der Waals surface area (Å²) in [5.41, 5.74) is -1.66. The third kappa shape index (κ3) is 7.20. The van der Waals surface area contributed by atoms with E-state index in [1.54, 1.807) is 56.5 Å². The van der Waals surface area contributed by atoms with Crippen LogP contribution in [-0.4, -0.2) is 35.3 Å². The Kier molecular flexibility index (Phi) is 8.48. The Morgan fingerprint density at radius 1 is 1.00 bits per heavy atom. The van der Waals surface area contributed by atoms with Crippen LogP contribution in [0.4, 0.5) is 13.2 Å². The van der Waals surface area contributed by atoms with Crippen LogP contribution in [0, 0.1) is 6.92 Å². The summed E-state index contributed by atoms with van der Waals surface area (Å²) in [6.45, 7) is 1.46. The number of aromatic nitrogens is 1. The molecule has 3 aromatic carbocycles. The number of carbonyl (C=O) groups is 1. The number of aryl methyl sites for hydroxylation is 1. The predicted octanol–water partition coefficient (Wildman–Crippen LogP) is 7.45. The summed E-state index contributed by atoms with van der Waals surface area (Å²) in [4.78, 5) is 16.3. The lowest BCUT2D eigenvalue weighted by molar-refractivity contribution is -0.139. The van der Waals surface area contributed by atoms with Gasteiger partial charge in [-0.25, -0.2) is 9.78 Å². The Balaban J connectivity index is 1.62. The van der Waals surface area contributed by atoms with E-state index in [4.69, 9.17) is 24.3 Å². The molecular formula is C27H22F3NO5S2. The van der Waals surface area contributed by atoms with Gasteiger partial charge < -0.3 is 19.3 Å². The van der Waals surface area contributed by atoms with E-state index in [9.17, 15) is 18.0 Å². The molecule has 0 bridgehead atoms. The topological polar surface area (TPSA) is 77.9 Å². The lowest BCUT2D eigenvalue weighted by Gasteiger charge is -2.09. The summed E-state index contributed by atoms with van der Waals surface area (Å²) in [5, 5.41) is 9.43. The minimum Gasteiger partial charge on any atom is -0.497 e. The quantitative estimate of drug-likeness (QED) is 0.202. The highest BCUT2D eigenvalue weighted by atomic mass is 32.2. The summed E-state index contributed by atoms with van der Waals surface area (Å²) < 4.78 is 55.3. The molecule has 198 valence electrons. The first-order valence-electron chi connectivity index (χ1n) is 11.2. The second-order valence-corrected chi connectivity index (χ2v) is 10.2. The average Bonchev–Trinajstić information content (AvgIpc) is 3.30. The van der Waals surface area contributed by atoms with Gasteiger partial charge in [0.2, 0.25) is 0 Å². The van der Waals surface area contributed by atoms with Gasteiger partial charge in [-0.15, -0.1) is 11.3 Å². The second-order valence-electron chi connectivity index (χ2n) is 7.99. The predicted molar refractivity (Wildman–Crippen MR) is 140 cm³/mol. The van der Waals surface area contributed by atoms with E-state index in [0.29, 0.717) is 44.0 Å². The minimum absolute atomic E-state index is 0.0857. The van der Waals surface area contributed by atoms with Gasteiger partial charge >= 0.3 is 11.5 Å². The number of hydrogen-bond acceptors (Lipinski definition) is 7. The highest BCUT2D eigenvalue weighted by molar-refractivity contribution is 8.00. The molecule has 0 aliphatic carbocycles. The van der Waals surface area contributed by atoms with Crippen LogP contribution in [0.1, 0.15) is 10.6 Å². The van der Waals surface area contributed by atoms with Crippen molar-refractivity contribution in [1.29, 1.82) is 0 Å². The molecule has 0 aliphatic rings. The van der Waals surface area contributed by atoms with Crippen molar-refractivity contribution in [2.75, 3.05) is 13.7 Å². The number of benzene rings is 3. The highest BCUT2D eigenvalue weighted by Crippen LogP contribution is 2.42. The molecule has 0 aliphatic heterocycles. The molecule has 38 heavy (non-hydrogen) atoms. The summed E-state index contributed by atoms with van der Waals surface area (Å²) in [6.07, 6.45) is 0. The van der Waals surface area contributed by atoms with Crippen molar-refractivity contribution in [2.45, 2.75) is 23.9 Å². The number of alkyl halides is 3. The molecule has 0 saturated carbocycles. The standard InChI is InChI=1S/C27H22F3NO5S2/c1-16-12-20(10-11-22(16)36-15-24(32)33)35-14-23-31-25(17-6-8-19(34-2)9-7-17)26(37-23)18-4-3-5-21(13-18)38-27(28,29)30/h3-13H,14-15H2,1-2H3,(H,32,33). The average molecular weight is 562 g/mol. The third-order valence-electron chi connectivity index (χ3n) is 5.22. The van der Waals surface area contributed by atoms with Crippen LogP contribution in [-0.2, 0) is 11.4 Å². The number of hydrogen-bond donors (Lipinski definition) is 1. The van der Waals surface area contributed by atoms with E-state index < -0.39 is 18.1 Å². The molecule has 4 aromatic rings. The molecule has 0 saturated heterocycles. The molecule has 1 aromatic heterocycles. The van der Waals surface area contributed by atoms with Crippen LogP contribution in [0.25, 0.3) is 21.7 Å². The first kappa shape index (κ1) is 27.3. The van der Waals surface area contributed by atoms with Crippen LogP contribution in [0.15, 0.2) is 71.6 Å². The van der Waals surface area contributed by atoms with Gasteiger partial charge in [0.1, 0.15) is 28.9 Å². The molecule has 6 nitrogen and oxygen atoms in total. The van der Waals surface area contributed by atoms with Crippen LogP contribution in [0.2, 0.25) is 0 Å². The molecular weight excluding hydrogens is 539 g/mol. The largest absolute Gasteiger partial charge is 0.497 e. The van der Waals surface area contributed by atoms with Gasteiger partial charge in [0, 0.05) is 10.5 Å². The van der Waals surface area contributed by atoms with Crippen molar-refractivity contribution in [3.05, 3.63) is 77.3 Å². The smallest absolute Gasteiger partial charge is 0.446 e. The van der Waals surface area contributed by atoms with E-state index in [2.05, 4.69) is 0 Å². The lowest BCUT2D eigenvalue weighted by Crippen LogP contribution is -2.10. The number of halogens is 3. The highest BCUT2D eigenvalue weighted by Gasteiger charge is 2.29. The fraction of sp³-hybridized carbons (Fsp3) is 0.185. The first-order chi connectivity index (χ1) is 18.1. The Labute approximate surface area is 225 Å². The van der Waals surface area contributed by atoms with Crippen molar-refractivity contribution in [3.8, 4) is 38.9 Å². The fourth-order valence-electron chi connectivity index (χ4n) is 3.56. The zero-order valence-corrected chi connectivity index (χ0v) is 21.9. The Bertz CT molecular complexity index is 1420. The molecule has 0 amide bonds. The van der Waals surface area contributed by atoms with Gasteiger partial charge in [0.15, 0.2) is 6.61 Å². The van der Waals surface area contributed by atoms with Crippen molar-refractivity contribution in [2.24, 2.45) is 0 Å². The molecule has 0 fully saturated rings. The zero-order valence-electron chi connectivity index (χ0n) is 20.2. The number of ether oxygens (including phenoxy) is 3. The van der Waals surface area contributed by atoms with E-state index >= 15 is 0 Å². The molecule has 1 heterocycles. The normalized spacial score (nSPS) is 11.3. The number of methoxy groups -OCH3 is 1. The van der Waals surface area contributed by atoms with Gasteiger partial charge in [0.05, 0.1) is 17.7 Å².